The van der Waals surface area contributed by atoms with Crippen LogP contribution in [0.4, 0.5) is 14.9 Å². The van der Waals surface area contributed by atoms with E-state index in [4.69, 9.17) is 16.7 Å². The van der Waals surface area contributed by atoms with Gasteiger partial charge in [0.05, 0.1) is 11.6 Å². The summed E-state index contributed by atoms with van der Waals surface area (Å²) in [5.74, 6) is -1.93. The number of benzene rings is 1. The van der Waals surface area contributed by atoms with Crippen LogP contribution < -0.4 is 10.6 Å². The third kappa shape index (κ3) is 4.07. The highest BCUT2D eigenvalue weighted by molar-refractivity contribution is 6.30. The average Bonchev–Trinajstić information content (AvgIpc) is 2.89. The predicted molar refractivity (Wildman–Crippen MR) is 76.9 cm³/mol. The van der Waals surface area contributed by atoms with Gasteiger partial charge in [-0.3, -0.25) is 4.79 Å². The van der Waals surface area contributed by atoms with E-state index in [0.717, 1.165) is 18.9 Å². The van der Waals surface area contributed by atoms with Crippen molar-refractivity contribution >= 4 is 29.3 Å². The second-order valence-electron chi connectivity index (χ2n) is 5.09. The van der Waals surface area contributed by atoms with Crippen LogP contribution in [0.3, 0.4) is 0 Å². The summed E-state index contributed by atoms with van der Waals surface area (Å²) in [5, 5.41) is 14.3. The number of hydrogen-bond donors (Lipinski definition) is 3. The van der Waals surface area contributed by atoms with Crippen LogP contribution in [0.1, 0.15) is 19.3 Å². The standard InChI is InChI=1S/C14H16ClFN2O3/c15-9-4-5-11(16)12(6-9)18-14(21)17-7-8-2-1-3-10(8)13(19)20/h4-6,8,10H,1-3,7H2,(H,19,20)(H2,17,18,21). The number of carboxylic acids is 1. The molecular weight excluding hydrogens is 299 g/mol. The number of urea groups is 1. The average molecular weight is 315 g/mol. The van der Waals surface area contributed by atoms with Gasteiger partial charge in [-0.2, -0.15) is 0 Å². The van der Waals surface area contributed by atoms with Crippen molar-refractivity contribution in [2.45, 2.75) is 19.3 Å². The van der Waals surface area contributed by atoms with Gasteiger partial charge in [-0.05, 0) is 37.0 Å². The molecule has 0 aromatic heterocycles. The zero-order valence-corrected chi connectivity index (χ0v) is 12.0. The number of rotatable bonds is 4. The third-order valence-corrected chi connectivity index (χ3v) is 3.91. The number of carbonyl (C=O) groups excluding carboxylic acids is 1. The Balaban J connectivity index is 1.87. The van der Waals surface area contributed by atoms with Gasteiger partial charge < -0.3 is 15.7 Å². The smallest absolute Gasteiger partial charge is 0.319 e. The van der Waals surface area contributed by atoms with E-state index in [1.165, 1.54) is 12.1 Å². The Kier molecular flexibility index (Phi) is 5.01. The summed E-state index contributed by atoms with van der Waals surface area (Å²) >= 11 is 5.73. The second kappa shape index (κ2) is 6.76. The van der Waals surface area contributed by atoms with Gasteiger partial charge in [0, 0.05) is 11.6 Å². The Hall–Kier alpha value is -1.82. The van der Waals surface area contributed by atoms with Gasteiger partial charge in [-0.1, -0.05) is 18.0 Å². The molecule has 0 saturated heterocycles. The molecule has 1 saturated carbocycles. The first-order valence-electron chi connectivity index (χ1n) is 6.70. The summed E-state index contributed by atoms with van der Waals surface area (Å²) in [7, 11) is 0. The van der Waals surface area contributed by atoms with Crippen LogP contribution >= 0.6 is 11.6 Å². The molecule has 1 fully saturated rings. The van der Waals surface area contributed by atoms with Gasteiger partial charge in [0.25, 0.3) is 0 Å². The van der Waals surface area contributed by atoms with E-state index in [1.807, 2.05) is 0 Å². The summed E-state index contributed by atoms with van der Waals surface area (Å²) in [6.45, 7) is 0.255. The number of amides is 2. The Morgan fingerprint density at radius 3 is 2.86 bits per heavy atom. The Morgan fingerprint density at radius 2 is 2.14 bits per heavy atom. The lowest BCUT2D eigenvalue weighted by Crippen LogP contribution is -2.35. The van der Waals surface area contributed by atoms with E-state index in [-0.39, 0.29) is 18.2 Å². The summed E-state index contributed by atoms with van der Waals surface area (Å²) in [5.41, 5.74) is -0.0128. The maximum Gasteiger partial charge on any atom is 0.319 e. The van der Waals surface area contributed by atoms with Crippen molar-refractivity contribution in [3.8, 4) is 0 Å². The largest absolute Gasteiger partial charge is 0.481 e. The molecule has 0 aliphatic heterocycles. The molecule has 1 aromatic carbocycles. The van der Waals surface area contributed by atoms with Gasteiger partial charge in [0.1, 0.15) is 5.82 Å². The Morgan fingerprint density at radius 1 is 1.38 bits per heavy atom. The summed E-state index contributed by atoms with van der Waals surface area (Å²) in [6.07, 6.45) is 2.24. The molecule has 114 valence electrons. The molecule has 7 heteroatoms. The molecule has 1 aromatic rings. The predicted octanol–water partition coefficient (Wildman–Crippen LogP) is 3.10. The molecule has 2 rings (SSSR count). The Labute approximate surface area is 126 Å². The molecular formula is C14H16ClFN2O3. The fraction of sp³-hybridized carbons (Fsp3) is 0.429. The maximum absolute atomic E-state index is 13.5. The van der Waals surface area contributed by atoms with Gasteiger partial charge >= 0.3 is 12.0 Å². The molecule has 2 unspecified atom stereocenters. The quantitative estimate of drug-likeness (QED) is 0.799. The van der Waals surface area contributed by atoms with Gasteiger partial charge in [0.15, 0.2) is 0 Å². The van der Waals surface area contributed by atoms with Gasteiger partial charge in [-0.25, -0.2) is 9.18 Å². The highest BCUT2D eigenvalue weighted by Crippen LogP contribution is 2.31. The van der Waals surface area contributed by atoms with Crippen molar-refractivity contribution in [3.63, 3.8) is 0 Å². The Bertz CT molecular complexity index is 553. The van der Waals surface area contributed by atoms with Crippen LogP contribution in [-0.2, 0) is 4.79 Å². The fourth-order valence-corrected chi connectivity index (χ4v) is 2.76. The van der Waals surface area contributed by atoms with Crippen LogP contribution in [0.5, 0.6) is 0 Å². The van der Waals surface area contributed by atoms with Crippen molar-refractivity contribution < 1.29 is 19.1 Å². The molecule has 2 atom stereocenters. The van der Waals surface area contributed by atoms with Crippen molar-refractivity contribution in [3.05, 3.63) is 29.0 Å². The zero-order chi connectivity index (χ0) is 15.4. The normalized spacial score (nSPS) is 21.0. The maximum atomic E-state index is 13.5. The minimum Gasteiger partial charge on any atom is -0.481 e. The van der Waals surface area contributed by atoms with Crippen LogP contribution in [0.25, 0.3) is 0 Å². The van der Waals surface area contributed by atoms with E-state index in [9.17, 15) is 14.0 Å². The van der Waals surface area contributed by atoms with Gasteiger partial charge in [0.2, 0.25) is 0 Å². The van der Waals surface area contributed by atoms with E-state index in [0.29, 0.717) is 11.4 Å². The molecule has 2 amide bonds. The number of aliphatic carboxylic acids is 1. The van der Waals surface area contributed by atoms with Crippen molar-refractivity contribution in [2.24, 2.45) is 11.8 Å². The summed E-state index contributed by atoms with van der Waals surface area (Å²) in [4.78, 5) is 22.8. The van der Waals surface area contributed by atoms with Crippen molar-refractivity contribution in [2.75, 3.05) is 11.9 Å². The van der Waals surface area contributed by atoms with Crippen molar-refractivity contribution in [1.29, 1.82) is 0 Å². The first kappa shape index (κ1) is 15.6. The topological polar surface area (TPSA) is 78.4 Å². The molecule has 0 heterocycles. The number of nitrogens with one attached hydrogen (secondary N) is 2. The van der Waals surface area contributed by atoms with Crippen LogP contribution in [-0.4, -0.2) is 23.7 Å². The molecule has 0 spiro atoms. The fourth-order valence-electron chi connectivity index (χ4n) is 2.59. The second-order valence-corrected chi connectivity index (χ2v) is 5.53. The minimum atomic E-state index is -0.833. The summed E-state index contributed by atoms with van der Waals surface area (Å²) in [6, 6.07) is 3.28. The number of hydrogen-bond acceptors (Lipinski definition) is 2. The molecule has 0 bridgehead atoms. The van der Waals surface area contributed by atoms with E-state index in [1.54, 1.807) is 0 Å². The molecule has 21 heavy (non-hydrogen) atoms. The summed E-state index contributed by atoms with van der Waals surface area (Å²) < 4.78 is 13.5. The molecule has 0 radical (unpaired) electrons. The molecule has 1 aliphatic carbocycles. The lowest BCUT2D eigenvalue weighted by atomic mass is 9.96. The lowest BCUT2D eigenvalue weighted by Gasteiger charge is -2.16. The number of halogens is 2. The van der Waals surface area contributed by atoms with Crippen LogP contribution in [0.2, 0.25) is 5.02 Å². The number of anilines is 1. The molecule has 1 aliphatic rings. The van der Waals surface area contributed by atoms with E-state index in [2.05, 4.69) is 10.6 Å². The highest BCUT2D eigenvalue weighted by atomic mass is 35.5. The highest BCUT2D eigenvalue weighted by Gasteiger charge is 2.32. The van der Waals surface area contributed by atoms with Crippen molar-refractivity contribution in [1.82, 2.24) is 5.32 Å². The number of carboxylic acid groups (broad SMARTS) is 1. The van der Waals surface area contributed by atoms with Crippen LogP contribution in [0.15, 0.2) is 18.2 Å². The molecule has 5 nitrogen and oxygen atoms in total. The van der Waals surface area contributed by atoms with Gasteiger partial charge in [-0.15, -0.1) is 0 Å². The van der Waals surface area contributed by atoms with Crippen LogP contribution in [0, 0.1) is 17.7 Å². The van der Waals surface area contributed by atoms with E-state index >= 15 is 0 Å². The number of carbonyl (C=O) groups is 2. The first-order chi connectivity index (χ1) is 9.97. The third-order valence-electron chi connectivity index (χ3n) is 3.68. The molecule has 3 N–H and O–H groups in total. The minimum absolute atomic E-state index is 0.0128. The van der Waals surface area contributed by atoms with E-state index < -0.39 is 23.7 Å². The first-order valence-corrected chi connectivity index (χ1v) is 7.08. The zero-order valence-electron chi connectivity index (χ0n) is 11.2. The monoisotopic (exact) mass is 314 g/mol. The lowest BCUT2D eigenvalue weighted by molar-refractivity contribution is -0.142. The SMILES string of the molecule is O=C(NCC1CCCC1C(=O)O)Nc1cc(Cl)ccc1F.